The lowest BCUT2D eigenvalue weighted by atomic mass is 10.2. The molecule has 0 saturated carbocycles. The number of morpholine rings is 1. The Morgan fingerprint density at radius 1 is 1.12 bits per heavy atom. The number of anilines is 1. The molecule has 10 heteroatoms. The van der Waals surface area contributed by atoms with Gasteiger partial charge >= 0.3 is 0 Å². The highest BCUT2D eigenvalue weighted by molar-refractivity contribution is 7.98. The van der Waals surface area contributed by atoms with Crippen molar-refractivity contribution in [3.63, 3.8) is 0 Å². The lowest BCUT2D eigenvalue weighted by molar-refractivity contribution is 0.0729. The first-order valence-electron chi connectivity index (χ1n) is 9.88. The fourth-order valence-corrected chi connectivity index (χ4v) is 6.55. The summed E-state index contributed by atoms with van der Waals surface area (Å²) < 4.78 is 46.6. The average Bonchev–Trinajstić information content (AvgIpc) is 3.33. The summed E-state index contributed by atoms with van der Waals surface area (Å²) in [5.41, 5.74) is 0.678. The van der Waals surface area contributed by atoms with E-state index < -0.39 is 20.7 Å². The summed E-state index contributed by atoms with van der Waals surface area (Å²) in [6.07, 6.45) is 0. The second kappa shape index (κ2) is 10.1. The zero-order valence-corrected chi connectivity index (χ0v) is 19.4. The van der Waals surface area contributed by atoms with E-state index in [1.54, 1.807) is 35.2 Å². The van der Waals surface area contributed by atoms with Gasteiger partial charge < -0.3 is 10.1 Å². The van der Waals surface area contributed by atoms with Crippen LogP contribution in [-0.2, 0) is 20.5 Å². The van der Waals surface area contributed by atoms with Crippen molar-refractivity contribution < 1.29 is 22.3 Å². The van der Waals surface area contributed by atoms with E-state index in [0.717, 1.165) is 16.7 Å². The molecular weight excluding hydrogens is 471 g/mol. The van der Waals surface area contributed by atoms with Crippen LogP contribution >= 0.6 is 23.1 Å². The number of rotatable bonds is 7. The van der Waals surface area contributed by atoms with Crippen molar-refractivity contribution >= 4 is 44.7 Å². The van der Waals surface area contributed by atoms with Crippen molar-refractivity contribution in [1.29, 1.82) is 0 Å². The third-order valence-corrected chi connectivity index (χ3v) is 8.95. The number of sulfonamides is 1. The zero-order chi connectivity index (χ0) is 22.6. The van der Waals surface area contributed by atoms with Gasteiger partial charge in [0.05, 0.1) is 18.8 Å². The fourth-order valence-electron chi connectivity index (χ4n) is 3.23. The third kappa shape index (κ3) is 5.21. The molecule has 168 valence electrons. The molecule has 1 aromatic heterocycles. The molecular formula is C22H21FN2O4S3. The predicted octanol–water partition coefficient (Wildman–Crippen LogP) is 4.45. The maximum atomic E-state index is 14.4. The summed E-state index contributed by atoms with van der Waals surface area (Å²) >= 11 is 3.20. The molecule has 1 N–H and O–H groups in total. The summed E-state index contributed by atoms with van der Waals surface area (Å²) in [7, 11) is -4.03. The van der Waals surface area contributed by atoms with Crippen LogP contribution in [0.3, 0.4) is 0 Å². The van der Waals surface area contributed by atoms with E-state index >= 15 is 0 Å². The summed E-state index contributed by atoms with van der Waals surface area (Å²) in [4.78, 5) is 14.5. The predicted molar refractivity (Wildman–Crippen MR) is 124 cm³/mol. The van der Waals surface area contributed by atoms with Crippen LogP contribution in [0.2, 0.25) is 0 Å². The molecule has 1 fully saturated rings. The van der Waals surface area contributed by atoms with Crippen molar-refractivity contribution in [1.82, 2.24) is 4.31 Å². The first kappa shape index (κ1) is 22.9. The van der Waals surface area contributed by atoms with Crippen LogP contribution in [0.5, 0.6) is 0 Å². The topological polar surface area (TPSA) is 75.7 Å². The quantitative estimate of drug-likeness (QED) is 0.493. The number of hydrogen-bond donors (Lipinski definition) is 1. The van der Waals surface area contributed by atoms with Gasteiger partial charge in [0.1, 0.15) is 10.7 Å². The van der Waals surface area contributed by atoms with Crippen LogP contribution < -0.4 is 5.32 Å². The fraction of sp³-hybridized carbons (Fsp3) is 0.227. The maximum Gasteiger partial charge on any atom is 0.256 e. The second-order valence-corrected chi connectivity index (χ2v) is 10.9. The van der Waals surface area contributed by atoms with Gasteiger partial charge in [-0.1, -0.05) is 18.2 Å². The smallest absolute Gasteiger partial charge is 0.256 e. The SMILES string of the molecule is O=C(Nc1ccc(F)c(S(=O)(=O)N2CCOCC2)c1)c1ccccc1SCc1cccs1. The molecule has 0 bridgehead atoms. The molecule has 6 nitrogen and oxygen atoms in total. The Labute approximate surface area is 194 Å². The number of carbonyl (C=O) groups is 1. The van der Waals surface area contributed by atoms with Gasteiger partial charge in [0, 0.05) is 34.3 Å². The highest BCUT2D eigenvalue weighted by Gasteiger charge is 2.29. The number of nitrogens with one attached hydrogen (secondary N) is 1. The lowest BCUT2D eigenvalue weighted by Gasteiger charge is -2.26. The molecule has 0 radical (unpaired) electrons. The van der Waals surface area contributed by atoms with Gasteiger partial charge in [-0.15, -0.1) is 23.1 Å². The van der Waals surface area contributed by atoms with Crippen LogP contribution in [-0.4, -0.2) is 44.9 Å². The molecule has 2 aromatic carbocycles. The molecule has 0 aliphatic carbocycles. The Morgan fingerprint density at radius 2 is 1.91 bits per heavy atom. The van der Waals surface area contributed by atoms with Gasteiger partial charge in [-0.3, -0.25) is 4.79 Å². The number of amides is 1. The van der Waals surface area contributed by atoms with Crippen LogP contribution in [0.25, 0.3) is 0 Å². The summed E-state index contributed by atoms with van der Waals surface area (Å²) in [6, 6.07) is 14.8. The summed E-state index contributed by atoms with van der Waals surface area (Å²) in [5, 5.41) is 4.72. The van der Waals surface area contributed by atoms with Crippen LogP contribution in [0, 0.1) is 5.82 Å². The van der Waals surface area contributed by atoms with Crippen molar-refractivity contribution in [2.45, 2.75) is 15.5 Å². The minimum absolute atomic E-state index is 0.160. The zero-order valence-electron chi connectivity index (χ0n) is 17.0. The molecule has 0 atom stereocenters. The minimum Gasteiger partial charge on any atom is -0.379 e. The monoisotopic (exact) mass is 492 g/mol. The van der Waals surface area contributed by atoms with Crippen LogP contribution in [0.1, 0.15) is 15.2 Å². The van der Waals surface area contributed by atoms with Gasteiger partial charge in [0.2, 0.25) is 10.0 Å². The molecule has 3 aromatic rings. The van der Waals surface area contributed by atoms with Gasteiger partial charge in [0.25, 0.3) is 5.91 Å². The molecule has 0 spiro atoms. The number of nitrogens with zero attached hydrogens (tertiary/aromatic N) is 1. The second-order valence-electron chi connectivity index (χ2n) is 6.98. The average molecular weight is 493 g/mol. The van der Waals surface area contributed by atoms with Crippen molar-refractivity contribution in [2.24, 2.45) is 0 Å². The van der Waals surface area contributed by atoms with Crippen molar-refractivity contribution in [3.8, 4) is 0 Å². The van der Waals surface area contributed by atoms with E-state index in [9.17, 15) is 17.6 Å². The molecule has 1 amide bonds. The van der Waals surface area contributed by atoms with E-state index in [0.29, 0.717) is 5.56 Å². The van der Waals surface area contributed by atoms with Crippen LogP contribution in [0.4, 0.5) is 10.1 Å². The van der Waals surface area contributed by atoms with E-state index in [4.69, 9.17) is 4.74 Å². The van der Waals surface area contributed by atoms with Gasteiger partial charge in [-0.2, -0.15) is 4.31 Å². The van der Waals surface area contributed by atoms with Gasteiger partial charge in [0.15, 0.2) is 0 Å². The molecule has 2 heterocycles. The van der Waals surface area contributed by atoms with E-state index in [-0.39, 0.29) is 37.9 Å². The summed E-state index contributed by atoms with van der Waals surface area (Å²) in [5.74, 6) is -0.512. The largest absolute Gasteiger partial charge is 0.379 e. The lowest BCUT2D eigenvalue weighted by Crippen LogP contribution is -2.40. The summed E-state index contributed by atoms with van der Waals surface area (Å²) in [6.45, 7) is 0.842. The number of ether oxygens (including phenoxy) is 1. The van der Waals surface area contributed by atoms with Crippen LogP contribution in [0.15, 0.2) is 69.8 Å². The van der Waals surface area contributed by atoms with Crippen molar-refractivity contribution in [2.75, 3.05) is 31.6 Å². The highest BCUT2D eigenvalue weighted by Crippen LogP contribution is 2.29. The third-order valence-electron chi connectivity index (χ3n) is 4.86. The minimum atomic E-state index is -4.03. The standard InChI is InChI=1S/C22H21FN2O4S3/c23-19-8-7-16(14-21(19)32(27,28)25-9-11-29-12-10-25)24-22(26)18-5-1-2-6-20(18)31-15-17-4-3-13-30-17/h1-8,13-14H,9-12,15H2,(H,24,26). The molecule has 1 aliphatic heterocycles. The molecule has 0 unspecified atom stereocenters. The number of benzene rings is 2. The molecule has 32 heavy (non-hydrogen) atoms. The maximum absolute atomic E-state index is 14.4. The number of thioether (sulfide) groups is 1. The molecule has 1 saturated heterocycles. The number of hydrogen-bond acceptors (Lipinski definition) is 6. The Kier molecular flexibility index (Phi) is 7.27. The molecule has 4 rings (SSSR count). The Morgan fingerprint density at radius 3 is 2.66 bits per heavy atom. The first-order chi connectivity index (χ1) is 15.4. The Bertz CT molecular complexity index is 1190. The Hall–Kier alpha value is -2.24. The first-order valence-corrected chi connectivity index (χ1v) is 13.2. The normalized spacial score (nSPS) is 14.9. The van der Waals surface area contributed by atoms with E-state index in [1.807, 2.05) is 29.6 Å². The van der Waals surface area contributed by atoms with E-state index in [1.165, 1.54) is 21.3 Å². The molecule has 1 aliphatic rings. The Balaban J connectivity index is 1.54. The van der Waals surface area contributed by atoms with E-state index in [2.05, 4.69) is 5.32 Å². The highest BCUT2D eigenvalue weighted by atomic mass is 32.2. The van der Waals surface area contributed by atoms with Gasteiger partial charge in [-0.25, -0.2) is 12.8 Å². The van der Waals surface area contributed by atoms with Gasteiger partial charge in [-0.05, 0) is 41.8 Å². The number of halogens is 1. The number of carbonyl (C=O) groups excluding carboxylic acids is 1. The van der Waals surface area contributed by atoms with Crippen molar-refractivity contribution in [3.05, 3.63) is 76.2 Å². The number of thiophene rings is 1.